The summed E-state index contributed by atoms with van der Waals surface area (Å²) in [4.78, 5) is 2.38. The molecule has 180 valence electrons. The Kier molecular flexibility index (Phi) is 6.89. The zero-order valence-corrected chi connectivity index (χ0v) is 20.5. The van der Waals surface area contributed by atoms with Crippen LogP contribution in [0.5, 0.6) is 0 Å². The smallest absolute Gasteiger partial charge is 0.126 e. The molecule has 1 aromatic heterocycles. The van der Waals surface area contributed by atoms with E-state index in [0.717, 1.165) is 57.5 Å². The second-order valence-corrected chi connectivity index (χ2v) is 10.4. The summed E-state index contributed by atoms with van der Waals surface area (Å²) in [6.45, 7) is 11.5. The summed E-state index contributed by atoms with van der Waals surface area (Å²) in [5, 5.41) is 4.66. The van der Waals surface area contributed by atoms with E-state index in [0.29, 0.717) is 25.3 Å². The topological polar surface area (TPSA) is 20.2 Å². The lowest BCUT2D eigenvalue weighted by Crippen LogP contribution is -2.49. The first-order valence-electron chi connectivity index (χ1n) is 12.9. The Balaban J connectivity index is 1.28. The molecule has 2 saturated heterocycles. The molecule has 3 nitrogen and oxygen atoms in total. The molecule has 0 aliphatic carbocycles. The van der Waals surface area contributed by atoms with Crippen LogP contribution in [0.3, 0.4) is 0 Å². The Morgan fingerprint density at radius 2 is 1.76 bits per heavy atom. The zero-order valence-electron chi connectivity index (χ0n) is 20.5. The van der Waals surface area contributed by atoms with Crippen molar-refractivity contribution >= 4 is 17.0 Å². The molecule has 5 rings (SSSR count). The number of nitrogens with zero attached hydrogens (tertiary/aromatic N) is 2. The molecule has 2 aromatic carbocycles. The number of hydrogen-bond acceptors (Lipinski definition) is 2. The summed E-state index contributed by atoms with van der Waals surface area (Å²) in [6, 6.07) is 17.6. The number of hydrogen-bond donors (Lipinski definition) is 1. The molecule has 2 aliphatic rings. The van der Waals surface area contributed by atoms with Crippen LogP contribution in [-0.4, -0.2) is 47.9 Å². The van der Waals surface area contributed by atoms with Gasteiger partial charge in [-0.05, 0) is 93.9 Å². The van der Waals surface area contributed by atoms with E-state index in [4.69, 9.17) is 0 Å². The minimum absolute atomic E-state index is 0.613. The number of piperidine rings is 2. The number of nitrogens with one attached hydrogen (secondary N) is 1. The van der Waals surface area contributed by atoms with Crippen LogP contribution in [0.15, 0.2) is 55.1 Å². The number of alkyl halides is 1. The summed E-state index contributed by atoms with van der Waals surface area (Å²) >= 11 is 0. The first kappa shape index (κ1) is 23.3. The van der Waals surface area contributed by atoms with E-state index in [-0.39, 0.29) is 0 Å². The van der Waals surface area contributed by atoms with Gasteiger partial charge < -0.3 is 14.8 Å². The summed E-state index contributed by atoms with van der Waals surface area (Å²) in [5.74, 6) is 0.647. The Morgan fingerprint density at radius 3 is 2.47 bits per heavy atom. The fraction of sp³-hybridized carbons (Fsp3) is 0.467. The zero-order chi connectivity index (χ0) is 23.5. The van der Waals surface area contributed by atoms with Crippen molar-refractivity contribution in [3.05, 3.63) is 77.5 Å². The van der Waals surface area contributed by atoms with Crippen molar-refractivity contribution in [1.82, 2.24) is 14.8 Å². The fourth-order valence-corrected chi connectivity index (χ4v) is 5.96. The van der Waals surface area contributed by atoms with Crippen LogP contribution in [0.25, 0.3) is 17.0 Å². The van der Waals surface area contributed by atoms with Gasteiger partial charge in [0.1, 0.15) is 5.67 Å². The predicted molar refractivity (Wildman–Crippen MR) is 141 cm³/mol. The van der Waals surface area contributed by atoms with E-state index in [1.165, 1.54) is 27.7 Å². The van der Waals surface area contributed by atoms with Crippen molar-refractivity contribution in [3.63, 3.8) is 0 Å². The first-order valence-corrected chi connectivity index (χ1v) is 12.9. The van der Waals surface area contributed by atoms with Gasteiger partial charge in [0.05, 0.1) is 0 Å². The van der Waals surface area contributed by atoms with E-state index in [1.807, 2.05) is 6.08 Å². The normalized spacial score (nSPS) is 19.5. The molecule has 0 spiro atoms. The van der Waals surface area contributed by atoms with E-state index in [9.17, 15) is 0 Å². The van der Waals surface area contributed by atoms with Crippen molar-refractivity contribution in [1.29, 1.82) is 0 Å². The van der Waals surface area contributed by atoms with Crippen LogP contribution < -0.4 is 5.32 Å². The molecule has 0 amide bonds. The number of halogens is 1. The molecule has 4 heteroatoms. The van der Waals surface area contributed by atoms with Crippen molar-refractivity contribution in [2.75, 3.05) is 32.7 Å². The van der Waals surface area contributed by atoms with Gasteiger partial charge in [-0.15, -0.1) is 0 Å². The molecule has 2 fully saturated rings. The highest BCUT2D eigenvalue weighted by Crippen LogP contribution is 2.32. The molecule has 0 atom stereocenters. The maximum atomic E-state index is 15.2. The van der Waals surface area contributed by atoms with Crippen LogP contribution >= 0.6 is 0 Å². The lowest BCUT2D eigenvalue weighted by molar-refractivity contribution is 0.0446. The molecule has 0 bridgehead atoms. The standard InChI is InChI=1S/C30H38FN3/c1-3-24-8-10-25(11-9-24)20-28-23(2)34(29-7-5-4-6-27(28)29)21-26-12-18-33(19-13-26)22-30(31)14-16-32-17-15-30/h3-11,26,32H,1,12-22H2,2H3. The van der Waals surface area contributed by atoms with Crippen LogP contribution in [0, 0.1) is 12.8 Å². The van der Waals surface area contributed by atoms with Gasteiger partial charge in [0, 0.05) is 29.7 Å². The highest BCUT2D eigenvalue weighted by molar-refractivity contribution is 5.86. The molecule has 3 aromatic rings. The SMILES string of the molecule is C=Cc1ccc(Cc2c(C)n(CC3CCN(CC4(F)CCNCC4)CC3)c3ccccc23)cc1. The summed E-state index contributed by atoms with van der Waals surface area (Å²) in [5.41, 5.74) is 5.66. The summed E-state index contributed by atoms with van der Waals surface area (Å²) < 4.78 is 17.7. The second-order valence-electron chi connectivity index (χ2n) is 10.4. The van der Waals surface area contributed by atoms with E-state index in [2.05, 4.69) is 76.8 Å². The third-order valence-electron chi connectivity index (χ3n) is 8.11. The average Bonchev–Trinajstić information content (AvgIpc) is 3.12. The molecule has 0 saturated carbocycles. The van der Waals surface area contributed by atoms with E-state index < -0.39 is 5.67 Å². The fourth-order valence-electron chi connectivity index (χ4n) is 5.96. The number of aromatic nitrogens is 1. The van der Waals surface area contributed by atoms with Gasteiger partial charge in [-0.1, -0.05) is 55.1 Å². The molecule has 3 heterocycles. The van der Waals surface area contributed by atoms with Crippen molar-refractivity contribution in [2.24, 2.45) is 5.92 Å². The summed E-state index contributed by atoms with van der Waals surface area (Å²) in [7, 11) is 0. The summed E-state index contributed by atoms with van der Waals surface area (Å²) in [6.07, 6.45) is 6.45. The quantitative estimate of drug-likeness (QED) is 0.468. The van der Waals surface area contributed by atoms with Gasteiger partial charge in [-0.3, -0.25) is 0 Å². The lowest BCUT2D eigenvalue weighted by Gasteiger charge is -2.38. The number of benzene rings is 2. The largest absolute Gasteiger partial charge is 0.344 e. The molecule has 2 aliphatic heterocycles. The third kappa shape index (κ3) is 4.99. The molecular formula is C30H38FN3. The van der Waals surface area contributed by atoms with E-state index >= 15 is 4.39 Å². The Bertz CT molecular complexity index is 1120. The Labute approximate surface area is 203 Å². The van der Waals surface area contributed by atoms with Crippen molar-refractivity contribution < 1.29 is 4.39 Å². The van der Waals surface area contributed by atoms with Crippen LogP contribution in [0.2, 0.25) is 0 Å². The Hall–Kier alpha value is -2.43. The highest BCUT2D eigenvalue weighted by atomic mass is 19.1. The van der Waals surface area contributed by atoms with Crippen LogP contribution in [0.4, 0.5) is 4.39 Å². The van der Waals surface area contributed by atoms with Crippen molar-refractivity contribution in [2.45, 2.75) is 51.2 Å². The maximum Gasteiger partial charge on any atom is 0.126 e. The van der Waals surface area contributed by atoms with Crippen LogP contribution in [-0.2, 0) is 13.0 Å². The lowest BCUT2D eigenvalue weighted by atomic mass is 9.91. The van der Waals surface area contributed by atoms with Gasteiger partial charge >= 0.3 is 0 Å². The van der Waals surface area contributed by atoms with Crippen molar-refractivity contribution in [3.8, 4) is 0 Å². The Morgan fingerprint density at radius 1 is 1.06 bits per heavy atom. The number of para-hydroxylation sites is 1. The van der Waals surface area contributed by atoms with E-state index in [1.54, 1.807) is 0 Å². The first-order chi connectivity index (χ1) is 16.5. The molecule has 34 heavy (non-hydrogen) atoms. The minimum atomic E-state index is -0.996. The van der Waals surface area contributed by atoms with Gasteiger partial charge in [0.2, 0.25) is 0 Å². The monoisotopic (exact) mass is 459 g/mol. The minimum Gasteiger partial charge on any atom is -0.344 e. The van der Waals surface area contributed by atoms with Gasteiger partial charge in [-0.25, -0.2) is 4.39 Å². The number of fused-ring (bicyclic) bond motifs is 1. The number of likely N-dealkylation sites (tertiary alicyclic amines) is 1. The second kappa shape index (κ2) is 10.1. The number of rotatable bonds is 7. The van der Waals surface area contributed by atoms with Gasteiger partial charge in [-0.2, -0.15) is 0 Å². The molecule has 0 radical (unpaired) electrons. The highest BCUT2D eigenvalue weighted by Gasteiger charge is 2.35. The third-order valence-corrected chi connectivity index (χ3v) is 8.11. The predicted octanol–water partition coefficient (Wildman–Crippen LogP) is 5.99. The molecular weight excluding hydrogens is 421 g/mol. The van der Waals surface area contributed by atoms with Crippen LogP contribution in [0.1, 0.15) is 48.1 Å². The molecule has 0 unspecified atom stereocenters. The van der Waals surface area contributed by atoms with Gasteiger partial charge in [0.15, 0.2) is 0 Å². The van der Waals surface area contributed by atoms with Gasteiger partial charge in [0.25, 0.3) is 0 Å². The maximum absolute atomic E-state index is 15.2. The molecule has 1 N–H and O–H groups in total. The average molecular weight is 460 g/mol.